The summed E-state index contributed by atoms with van der Waals surface area (Å²) in [4.78, 5) is 22.2. The van der Waals surface area contributed by atoms with Crippen molar-refractivity contribution >= 4 is 11.9 Å². The second kappa shape index (κ2) is 11.9. The minimum absolute atomic E-state index is 0.0317. The molecule has 1 saturated carbocycles. The molecule has 0 heterocycles. The molecule has 1 aliphatic rings. The first-order valence-electron chi connectivity index (χ1n) is 11.1. The first-order chi connectivity index (χ1) is 16.1. The molecule has 174 valence electrons. The lowest BCUT2D eigenvalue weighted by molar-refractivity contribution is -0.139. The maximum Gasteiger partial charge on any atom is 0.330 e. The van der Waals surface area contributed by atoms with E-state index in [2.05, 4.69) is 37.4 Å². The molecule has 6 nitrogen and oxygen atoms in total. The van der Waals surface area contributed by atoms with Gasteiger partial charge in [0.25, 0.3) is 0 Å². The standard InChI is InChI=1S/C27H30O6/c1-3-25(28)32-19-17-30-23-11-7-21(8-12-23)27(15-5-6-16-27)22-9-13-24(14-10-22)31-18-20-33-26(29)4-2/h3-4,7-14H,1-2,5-6,15-20H2. The molecule has 2 aromatic carbocycles. The van der Waals surface area contributed by atoms with Crippen molar-refractivity contribution in [3.63, 3.8) is 0 Å². The quantitative estimate of drug-likeness (QED) is 0.264. The molecule has 2 aromatic rings. The fourth-order valence-corrected chi connectivity index (χ4v) is 4.18. The Morgan fingerprint density at radius 3 is 1.45 bits per heavy atom. The fourth-order valence-electron chi connectivity index (χ4n) is 4.18. The number of carbonyl (C=O) groups is 2. The molecule has 0 saturated heterocycles. The second-order valence-corrected chi connectivity index (χ2v) is 7.78. The van der Waals surface area contributed by atoms with E-state index in [1.807, 2.05) is 24.3 Å². The third kappa shape index (κ3) is 6.48. The van der Waals surface area contributed by atoms with Crippen LogP contribution in [-0.4, -0.2) is 38.4 Å². The van der Waals surface area contributed by atoms with Crippen molar-refractivity contribution in [2.45, 2.75) is 31.1 Å². The van der Waals surface area contributed by atoms with Crippen LogP contribution in [0.4, 0.5) is 0 Å². The van der Waals surface area contributed by atoms with Crippen LogP contribution in [-0.2, 0) is 24.5 Å². The molecule has 0 unspecified atom stereocenters. The van der Waals surface area contributed by atoms with Crippen LogP contribution >= 0.6 is 0 Å². The third-order valence-electron chi connectivity index (χ3n) is 5.80. The molecular weight excluding hydrogens is 420 g/mol. The smallest absolute Gasteiger partial charge is 0.330 e. The molecule has 0 aromatic heterocycles. The highest BCUT2D eigenvalue weighted by Crippen LogP contribution is 2.47. The maximum absolute atomic E-state index is 11.1. The predicted octanol–water partition coefficient (Wildman–Crippen LogP) is 4.76. The van der Waals surface area contributed by atoms with Crippen molar-refractivity contribution < 1.29 is 28.5 Å². The van der Waals surface area contributed by atoms with Gasteiger partial charge in [0.15, 0.2) is 0 Å². The van der Waals surface area contributed by atoms with Crippen LogP contribution in [0.5, 0.6) is 11.5 Å². The summed E-state index contributed by atoms with van der Waals surface area (Å²) in [7, 11) is 0. The van der Waals surface area contributed by atoms with Gasteiger partial charge < -0.3 is 18.9 Å². The highest BCUT2D eigenvalue weighted by molar-refractivity contribution is 5.81. The lowest BCUT2D eigenvalue weighted by Crippen LogP contribution is -2.23. The monoisotopic (exact) mass is 450 g/mol. The average Bonchev–Trinajstić information content (AvgIpc) is 3.36. The Kier molecular flexibility index (Phi) is 8.70. The van der Waals surface area contributed by atoms with E-state index in [-0.39, 0.29) is 18.6 Å². The summed E-state index contributed by atoms with van der Waals surface area (Å²) in [5.74, 6) is 0.569. The van der Waals surface area contributed by atoms with E-state index in [0.717, 1.165) is 36.5 Å². The lowest BCUT2D eigenvalue weighted by Gasteiger charge is -2.31. The highest BCUT2D eigenvalue weighted by atomic mass is 16.6. The molecule has 6 heteroatoms. The van der Waals surface area contributed by atoms with Gasteiger partial charge in [-0.25, -0.2) is 9.59 Å². The van der Waals surface area contributed by atoms with Gasteiger partial charge in [0, 0.05) is 17.6 Å². The normalized spacial score (nSPS) is 14.2. The van der Waals surface area contributed by atoms with Crippen LogP contribution < -0.4 is 9.47 Å². The zero-order valence-corrected chi connectivity index (χ0v) is 18.8. The molecule has 0 aliphatic heterocycles. The van der Waals surface area contributed by atoms with Crippen LogP contribution in [0.3, 0.4) is 0 Å². The van der Waals surface area contributed by atoms with Crippen molar-refractivity contribution in [2.24, 2.45) is 0 Å². The van der Waals surface area contributed by atoms with E-state index >= 15 is 0 Å². The molecule has 0 amide bonds. The lowest BCUT2D eigenvalue weighted by atomic mass is 9.73. The fraction of sp³-hybridized carbons (Fsp3) is 0.333. The SMILES string of the molecule is C=CC(=O)OCCOc1ccc(C2(c3ccc(OCCOC(=O)C=C)cc3)CCCC2)cc1. The van der Waals surface area contributed by atoms with Crippen LogP contribution in [0.2, 0.25) is 0 Å². The number of benzene rings is 2. The van der Waals surface area contributed by atoms with Gasteiger partial charge in [0.1, 0.15) is 37.9 Å². The molecule has 3 rings (SSSR count). The number of carbonyl (C=O) groups excluding carboxylic acids is 2. The molecular formula is C27H30O6. The van der Waals surface area contributed by atoms with Crippen LogP contribution in [0.1, 0.15) is 36.8 Å². The van der Waals surface area contributed by atoms with E-state index in [0.29, 0.717) is 13.2 Å². The number of esters is 2. The van der Waals surface area contributed by atoms with Gasteiger partial charge in [0.2, 0.25) is 0 Å². The Balaban J connectivity index is 1.61. The zero-order valence-electron chi connectivity index (χ0n) is 18.8. The summed E-state index contributed by atoms with van der Waals surface area (Å²) in [6, 6.07) is 16.3. The Morgan fingerprint density at radius 1 is 0.697 bits per heavy atom. The van der Waals surface area contributed by atoms with E-state index in [4.69, 9.17) is 18.9 Å². The largest absolute Gasteiger partial charge is 0.490 e. The van der Waals surface area contributed by atoms with Crippen molar-refractivity contribution in [1.29, 1.82) is 0 Å². The van der Waals surface area contributed by atoms with Crippen molar-refractivity contribution in [3.05, 3.63) is 85.0 Å². The summed E-state index contributed by atoms with van der Waals surface area (Å²) < 4.78 is 21.2. The molecule has 1 aliphatic carbocycles. The molecule has 0 N–H and O–H groups in total. The van der Waals surface area contributed by atoms with E-state index < -0.39 is 11.9 Å². The molecule has 33 heavy (non-hydrogen) atoms. The van der Waals surface area contributed by atoms with Gasteiger partial charge >= 0.3 is 11.9 Å². The molecule has 0 radical (unpaired) electrons. The number of hydrogen-bond acceptors (Lipinski definition) is 6. The van der Waals surface area contributed by atoms with Crippen molar-refractivity contribution in [3.8, 4) is 11.5 Å². The van der Waals surface area contributed by atoms with Gasteiger partial charge in [-0.05, 0) is 48.2 Å². The first kappa shape index (κ1) is 24.1. The average molecular weight is 451 g/mol. The van der Waals surface area contributed by atoms with Crippen LogP contribution in [0, 0.1) is 0 Å². The predicted molar refractivity (Wildman–Crippen MR) is 125 cm³/mol. The van der Waals surface area contributed by atoms with E-state index in [1.54, 1.807) is 0 Å². The van der Waals surface area contributed by atoms with Gasteiger partial charge in [-0.3, -0.25) is 0 Å². The zero-order chi connectivity index (χ0) is 23.5. The van der Waals surface area contributed by atoms with E-state index in [9.17, 15) is 9.59 Å². The van der Waals surface area contributed by atoms with Gasteiger partial charge in [-0.2, -0.15) is 0 Å². The van der Waals surface area contributed by atoms with E-state index in [1.165, 1.54) is 24.0 Å². The second-order valence-electron chi connectivity index (χ2n) is 7.78. The molecule has 1 fully saturated rings. The molecule has 0 spiro atoms. The Bertz CT molecular complexity index is 866. The number of rotatable bonds is 12. The summed E-state index contributed by atoms with van der Waals surface area (Å²) in [6.45, 7) is 7.67. The summed E-state index contributed by atoms with van der Waals surface area (Å²) in [5, 5.41) is 0. The Labute approximate surface area is 194 Å². The first-order valence-corrected chi connectivity index (χ1v) is 11.1. The minimum atomic E-state index is -0.454. The van der Waals surface area contributed by atoms with Crippen molar-refractivity contribution in [1.82, 2.24) is 0 Å². The van der Waals surface area contributed by atoms with Gasteiger partial charge in [-0.15, -0.1) is 0 Å². The number of hydrogen-bond donors (Lipinski definition) is 0. The Morgan fingerprint density at radius 2 is 1.09 bits per heavy atom. The molecule has 0 atom stereocenters. The minimum Gasteiger partial charge on any atom is -0.490 e. The maximum atomic E-state index is 11.1. The number of ether oxygens (including phenoxy) is 4. The summed E-state index contributed by atoms with van der Waals surface area (Å²) >= 11 is 0. The van der Waals surface area contributed by atoms with Crippen molar-refractivity contribution in [2.75, 3.05) is 26.4 Å². The molecule has 0 bridgehead atoms. The van der Waals surface area contributed by atoms with Crippen LogP contribution in [0.15, 0.2) is 73.8 Å². The third-order valence-corrected chi connectivity index (χ3v) is 5.80. The topological polar surface area (TPSA) is 71.1 Å². The summed E-state index contributed by atoms with van der Waals surface area (Å²) in [5.41, 5.74) is 2.49. The Hall–Kier alpha value is -3.54. The highest BCUT2D eigenvalue weighted by Gasteiger charge is 2.37. The van der Waals surface area contributed by atoms with Crippen LogP contribution in [0.25, 0.3) is 0 Å². The van der Waals surface area contributed by atoms with Gasteiger partial charge in [-0.1, -0.05) is 50.3 Å². The van der Waals surface area contributed by atoms with Gasteiger partial charge in [0.05, 0.1) is 0 Å². The summed E-state index contributed by atoms with van der Waals surface area (Å²) in [6.07, 6.45) is 6.80.